The minimum atomic E-state index is -1.43. The van der Waals surface area contributed by atoms with Crippen LogP contribution >= 0.6 is 0 Å². The summed E-state index contributed by atoms with van der Waals surface area (Å²) >= 11 is 0. The Labute approximate surface area is 356 Å². The fourth-order valence-corrected chi connectivity index (χ4v) is 9.41. The molecule has 13 heteroatoms. The van der Waals surface area contributed by atoms with Crippen LogP contribution in [0.15, 0.2) is 114 Å². The number of rotatable bonds is 19. The summed E-state index contributed by atoms with van der Waals surface area (Å²) in [6.45, 7) is 6.23. The average molecular weight is 834 g/mol. The highest BCUT2D eigenvalue weighted by Crippen LogP contribution is 2.62. The number of carbonyl (C=O) groups excluding carboxylic acids is 1. The number of oxime groups is 1. The van der Waals surface area contributed by atoms with Crippen molar-refractivity contribution in [2.24, 2.45) is 22.9 Å². The third-order valence-electron chi connectivity index (χ3n) is 12.2. The maximum atomic E-state index is 13.7. The van der Waals surface area contributed by atoms with Crippen molar-refractivity contribution in [3.8, 4) is 17.2 Å². The number of aliphatic hydroxyl groups is 2. The van der Waals surface area contributed by atoms with Gasteiger partial charge in [0.15, 0.2) is 0 Å². The molecule has 1 fully saturated rings. The van der Waals surface area contributed by atoms with Gasteiger partial charge in [-0.15, -0.1) is 6.58 Å². The van der Waals surface area contributed by atoms with E-state index in [2.05, 4.69) is 30.9 Å². The highest BCUT2D eigenvalue weighted by atomic mass is 16.7. The SMILES string of the molecule is C=CCO[C@@]12Oc3ccc(Oc4ccc5ccccc5c4)cc3[C@H]3[C@H](CCCCO)[C@@H](CCCCO)C=C(C(=NOCc4ccc([N+](=O)[O-])cc4)C[C@@H]1N(C)C(=O)OCC)[C@H]32. The summed E-state index contributed by atoms with van der Waals surface area (Å²) in [6.07, 6.45) is 8.02. The number of nitrogens with zero attached hydrogens (tertiary/aromatic N) is 3. The van der Waals surface area contributed by atoms with Gasteiger partial charge in [-0.25, -0.2) is 4.79 Å². The maximum absolute atomic E-state index is 13.7. The van der Waals surface area contributed by atoms with Gasteiger partial charge < -0.3 is 38.9 Å². The van der Waals surface area contributed by atoms with E-state index in [0.717, 1.165) is 47.6 Å². The van der Waals surface area contributed by atoms with E-state index in [1.54, 1.807) is 32.2 Å². The fraction of sp³-hybridized carbons (Fsp3) is 0.417. The monoisotopic (exact) mass is 833 g/mol. The molecular weight excluding hydrogens is 779 g/mol. The number of amides is 1. The van der Waals surface area contributed by atoms with E-state index >= 15 is 0 Å². The molecule has 3 aliphatic rings. The summed E-state index contributed by atoms with van der Waals surface area (Å²) in [7, 11) is 1.68. The molecule has 0 spiro atoms. The Bertz CT molecular complexity index is 2240. The number of ether oxygens (including phenoxy) is 4. The Morgan fingerprint density at radius 2 is 1.70 bits per heavy atom. The number of fused-ring (bicyclic) bond motifs is 3. The van der Waals surface area contributed by atoms with Gasteiger partial charge in [0.25, 0.3) is 5.69 Å². The normalized spacial score (nSPS) is 23.2. The first-order chi connectivity index (χ1) is 29.7. The van der Waals surface area contributed by atoms with Crippen molar-refractivity contribution in [2.75, 3.05) is 33.5 Å². The predicted octanol–water partition coefficient (Wildman–Crippen LogP) is 9.46. The van der Waals surface area contributed by atoms with E-state index < -0.39 is 28.8 Å². The van der Waals surface area contributed by atoms with Crippen molar-refractivity contribution in [1.29, 1.82) is 0 Å². The lowest BCUT2D eigenvalue weighted by molar-refractivity contribution is -0.384. The number of allylic oxidation sites excluding steroid dienone is 1. The molecular formula is C48H55N3O10. The second kappa shape index (κ2) is 19.7. The molecule has 6 atom stereocenters. The predicted molar refractivity (Wildman–Crippen MR) is 232 cm³/mol. The zero-order valence-electron chi connectivity index (χ0n) is 34.8. The number of likely N-dealkylation sites (N-methyl/N-ethyl adjacent to an activating group) is 1. The summed E-state index contributed by atoms with van der Waals surface area (Å²) < 4.78 is 26.3. The van der Waals surface area contributed by atoms with Crippen molar-refractivity contribution >= 4 is 28.3 Å². The van der Waals surface area contributed by atoms with Crippen LogP contribution < -0.4 is 9.47 Å². The molecule has 0 aromatic heterocycles. The van der Waals surface area contributed by atoms with Crippen LogP contribution in [-0.4, -0.2) is 77.1 Å². The highest BCUT2D eigenvalue weighted by Gasteiger charge is 2.65. The van der Waals surface area contributed by atoms with Gasteiger partial charge in [0, 0.05) is 50.3 Å². The van der Waals surface area contributed by atoms with Gasteiger partial charge in [-0.2, -0.15) is 0 Å². The van der Waals surface area contributed by atoms with E-state index in [0.29, 0.717) is 41.4 Å². The molecule has 1 amide bonds. The second-order valence-electron chi connectivity index (χ2n) is 15.9. The molecule has 4 aromatic carbocycles. The molecule has 2 N–H and O–H groups in total. The number of carbonyl (C=O) groups is 1. The topological polar surface area (TPSA) is 162 Å². The van der Waals surface area contributed by atoms with Crippen LogP contribution in [0.4, 0.5) is 10.5 Å². The largest absolute Gasteiger partial charge is 0.459 e. The average Bonchev–Trinajstić information content (AvgIpc) is 3.27. The van der Waals surface area contributed by atoms with E-state index in [-0.39, 0.29) is 62.9 Å². The fourth-order valence-electron chi connectivity index (χ4n) is 9.41. The maximum Gasteiger partial charge on any atom is 0.409 e. The number of nitro benzene ring substituents is 1. The first kappa shape index (κ1) is 43.3. The summed E-state index contributed by atoms with van der Waals surface area (Å²) in [5.41, 5.74) is 3.10. The van der Waals surface area contributed by atoms with Gasteiger partial charge in [0.1, 0.15) is 29.9 Å². The number of aliphatic hydroxyl groups excluding tert-OH is 2. The van der Waals surface area contributed by atoms with E-state index in [4.69, 9.17) is 28.9 Å². The lowest BCUT2D eigenvalue weighted by Crippen LogP contribution is -2.69. The highest BCUT2D eigenvalue weighted by molar-refractivity contribution is 6.03. The molecule has 61 heavy (non-hydrogen) atoms. The Balaban J connectivity index is 1.38. The van der Waals surface area contributed by atoms with Crippen molar-refractivity contribution < 1.29 is 43.7 Å². The zero-order valence-corrected chi connectivity index (χ0v) is 34.8. The number of non-ortho nitro benzene ring substituents is 1. The van der Waals surface area contributed by atoms with E-state index in [1.165, 1.54) is 17.0 Å². The van der Waals surface area contributed by atoms with Crippen LogP contribution in [0, 0.1) is 27.9 Å². The third kappa shape index (κ3) is 9.29. The number of hydrogen-bond acceptors (Lipinski definition) is 11. The summed E-state index contributed by atoms with van der Waals surface area (Å²) in [6, 6.07) is 25.4. The van der Waals surface area contributed by atoms with Gasteiger partial charge >= 0.3 is 6.09 Å². The molecule has 1 saturated carbocycles. The van der Waals surface area contributed by atoms with Crippen molar-refractivity contribution in [1.82, 2.24) is 4.90 Å². The van der Waals surface area contributed by atoms with Gasteiger partial charge in [0.2, 0.25) is 5.79 Å². The molecule has 7 rings (SSSR count). The zero-order chi connectivity index (χ0) is 42.9. The molecule has 4 aromatic rings. The summed E-state index contributed by atoms with van der Waals surface area (Å²) in [4.78, 5) is 32.2. The smallest absolute Gasteiger partial charge is 0.409 e. The Morgan fingerprint density at radius 1 is 0.984 bits per heavy atom. The lowest BCUT2D eigenvalue weighted by atomic mass is 9.55. The van der Waals surface area contributed by atoms with Gasteiger partial charge in [0.05, 0.1) is 29.8 Å². The molecule has 1 aliphatic heterocycles. The van der Waals surface area contributed by atoms with Gasteiger partial charge in [-0.05, 0) is 109 Å². The number of hydrogen-bond donors (Lipinski definition) is 2. The number of unbranched alkanes of at least 4 members (excludes halogenated alkanes) is 2. The Kier molecular flexibility index (Phi) is 14.0. The molecule has 2 aliphatic carbocycles. The molecule has 0 saturated heterocycles. The van der Waals surface area contributed by atoms with Crippen LogP contribution in [0.5, 0.6) is 17.2 Å². The third-order valence-corrected chi connectivity index (χ3v) is 12.2. The van der Waals surface area contributed by atoms with Crippen molar-refractivity contribution in [3.05, 3.63) is 130 Å². The first-order valence-corrected chi connectivity index (χ1v) is 21.2. The van der Waals surface area contributed by atoms with Crippen molar-refractivity contribution in [3.63, 3.8) is 0 Å². The van der Waals surface area contributed by atoms with Crippen LogP contribution in [0.2, 0.25) is 0 Å². The molecule has 0 unspecified atom stereocenters. The van der Waals surface area contributed by atoms with Crippen LogP contribution in [-0.2, 0) is 20.9 Å². The molecule has 0 radical (unpaired) electrons. The molecule has 322 valence electrons. The minimum Gasteiger partial charge on any atom is -0.459 e. The van der Waals surface area contributed by atoms with Crippen molar-refractivity contribution in [2.45, 2.75) is 76.2 Å². The van der Waals surface area contributed by atoms with Crippen LogP contribution in [0.3, 0.4) is 0 Å². The molecule has 1 heterocycles. The van der Waals surface area contributed by atoms with Gasteiger partial charge in [-0.1, -0.05) is 60.5 Å². The number of nitro groups is 1. The first-order valence-electron chi connectivity index (χ1n) is 21.2. The quantitative estimate of drug-likeness (QED) is 0.0403. The lowest BCUT2D eigenvalue weighted by Gasteiger charge is -2.59. The number of benzene rings is 4. The molecule has 13 nitrogen and oxygen atoms in total. The summed E-state index contributed by atoms with van der Waals surface area (Å²) in [5.74, 6) is -0.190. The van der Waals surface area contributed by atoms with E-state index in [9.17, 15) is 25.1 Å². The summed E-state index contributed by atoms with van der Waals surface area (Å²) in [5, 5.41) is 38.1. The van der Waals surface area contributed by atoms with Crippen LogP contribution in [0.25, 0.3) is 10.8 Å². The standard InChI is InChI=1S/C48H55N3O10/c1-4-26-58-48-44(50(3)47(54)57-5-2)30-42(49-59-31-32-16-19-36(20-17-32)51(55)56)40-28-35(14-8-10-24-52)39(15-9-11-25-53)45(46(40)48)41-29-38(22-23-43(41)61-48)60-37-21-18-33-12-6-7-13-34(33)27-37/h4,6-7,12-13,16-23,27-29,35,39,44-46,52-53H,1,5,8-11,14-15,24-26,30-31H2,2-3H3/t35-,39+,44-,45+,46+,48+/m0/s1. The van der Waals surface area contributed by atoms with E-state index in [1.807, 2.05) is 42.5 Å². The minimum absolute atomic E-state index is 0.0226. The second-order valence-corrected chi connectivity index (χ2v) is 15.9. The molecule has 0 bridgehead atoms. The van der Waals surface area contributed by atoms with Gasteiger partial charge in [-0.3, -0.25) is 10.1 Å². The Morgan fingerprint density at radius 3 is 2.43 bits per heavy atom. The van der Waals surface area contributed by atoms with Crippen LogP contribution in [0.1, 0.15) is 68.9 Å². The Hall–Kier alpha value is -5.76.